The molecule has 1 atom stereocenters. The van der Waals surface area contributed by atoms with Gasteiger partial charge in [-0.15, -0.1) is 0 Å². The van der Waals surface area contributed by atoms with Crippen LogP contribution in [-0.2, 0) is 12.8 Å². The van der Waals surface area contributed by atoms with Gasteiger partial charge in [-0.2, -0.15) is 0 Å². The van der Waals surface area contributed by atoms with E-state index in [2.05, 4.69) is 18.3 Å². The summed E-state index contributed by atoms with van der Waals surface area (Å²) in [5.74, 6) is 1.10. The second kappa shape index (κ2) is 3.65. The highest BCUT2D eigenvalue weighted by Gasteiger charge is 2.29. The summed E-state index contributed by atoms with van der Waals surface area (Å²) >= 11 is 0. The molecule has 90 valence electrons. The molecule has 3 rings (SSSR count). The van der Waals surface area contributed by atoms with Gasteiger partial charge in [0.1, 0.15) is 5.75 Å². The lowest BCUT2D eigenvalue weighted by atomic mass is 9.97. The number of rotatable bonds is 1. The van der Waals surface area contributed by atoms with Crippen molar-refractivity contribution in [3.8, 4) is 5.75 Å². The molecule has 4 nitrogen and oxygen atoms in total. The molecule has 1 aliphatic heterocycles. The van der Waals surface area contributed by atoms with E-state index < -0.39 is 6.09 Å². The molecule has 0 bridgehead atoms. The van der Waals surface area contributed by atoms with Crippen molar-refractivity contribution in [2.24, 2.45) is 0 Å². The van der Waals surface area contributed by atoms with Crippen molar-refractivity contribution in [2.45, 2.75) is 32.1 Å². The summed E-state index contributed by atoms with van der Waals surface area (Å²) in [5.41, 5.74) is 4.24. The molecule has 1 unspecified atom stereocenters. The second-order valence-electron chi connectivity index (χ2n) is 4.80. The Morgan fingerprint density at radius 3 is 3.12 bits per heavy atom. The lowest BCUT2D eigenvalue weighted by molar-refractivity contribution is 0.209. The van der Waals surface area contributed by atoms with Crippen molar-refractivity contribution in [1.82, 2.24) is 0 Å². The number of aryl methyl sites for hydroxylation is 1. The van der Waals surface area contributed by atoms with E-state index in [0.29, 0.717) is 18.2 Å². The molecule has 1 aliphatic carbocycles. The fraction of sp³-hybridized carbons (Fsp3) is 0.462. The Kier molecular flexibility index (Phi) is 2.24. The van der Waals surface area contributed by atoms with Crippen LogP contribution in [0, 0.1) is 0 Å². The van der Waals surface area contributed by atoms with E-state index in [9.17, 15) is 4.79 Å². The Labute approximate surface area is 99.6 Å². The third kappa shape index (κ3) is 1.55. The van der Waals surface area contributed by atoms with Gasteiger partial charge in [-0.3, -0.25) is 5.32 Å². The number of hydrogen-bond acceptors (Lipinski definition) is 2. The lowest BCUT2D eigenvalue weighted by Gasteiger charge is -2.13. The zero-order valence-corrected chi connectivity index (χ0v) is 9.75. The maximum atomic E-state index is 10.9. The number of benzene rings is 1. The molecular formula is C13H15NO3. The van der Waals surface area contributed by atoms with Gasteiger partial charge >= 0.3 is 6.09 Å². The van der Waals surface area contributed by atoms with E-state index in [0.717, 1.165) is 36.1 Å². The molecule has 0 saturated carbocycles. The maximum absolute atomic E-state index is 10.9. The molecule has 0 aromatic heterocycles. The molecule has 1 amide bonds. The second-order valence-corrected chi connectivity index (χ2v) is 4.80. The van der Waals surface area contributed by atoms with Crippen LogP contribution in [0.1, 0.15) is 36.0 Å². The molecule has 0 radical (unpaired) electrons. The first kappa shape index (κ1) is 10.4. The third-order valence-corrected chi connectivity index (χ3v) is 3.62. The molecule has 2 N–H and O–H groups in total. The summed E-state index contributed by atoms with van der Waals surface area (Å²) in [6.07, 6.45) is 2.07. The number of nitrogens with one attached hydrogen (secondary N) is 1. The molecule has 1 aromatic carbocycles. The van der Waals surface area contributed by atoms with Crippen LogP contribution >= 0.6 is 0 Å². The summed E-state index contributed by atoms with van der Waals surface area (Å²) < 4.78 is 5.64. The molecule has 17 heavy (non-hydrogen) atoms. The van der Waals surface area contributed by atoms with Gasteiger partial charge in [-0.25, -0.2) is 4.79 Å². The number of anilines is 1. The van der Waals surface area contributed by atoms with E-state index in [1.807, 2.05) is 0 Å². The van der Waals surface area contributed by atoms with Gasteiger partial charge in [0.05, 0.1) is 12.3 Å². The smallest absolute Gasteiger partial charge is 0.409 e. The number of carbonyl (C=O) groups is 1. The van der Waals surface area contributed by atoms with Crippen LogP contribution in [-0.4, -0.2) is 17.8 Å². The zero-order valence-electron chi connectivity index (χ0n) is 9.75. The van der Waals surface area contributed by atoms with Crippen molar-refractivity contribution >= 4 is 11.8 Å². The standard InChI is InChI=1S/C13H15NO3/c1-7-6-17-12-10(7)5-8-3-2-4-9(8)11(12)14-13(15)16/h5,7,14H,2-4,6H2,1H3,(H,15,16). The highest BCUT2D eigenvalue weighted by molar-refractivity contribution is 5.88. The van der Waals surface area contributed by atoms with Gasteiger partial charge in [0.25, 0.3) is 0 Å². The summed E-state index contributed by atoms with van der Waals surface area (Å²) in [4.78, 5) is 10.9. The maximum Gasteiger partial charge on any atom is 0.409 e. The van der Waals surface area contributed by atoms with E-state index in [1.165, 1.54) is 5.56 Å². The SMILES string of the molecule is CC1COc2c1cc1c(c2NC(=O)O)CCC1. The van der Waals surface area contributed by atoms with Crippen molar-refractivity contribution in [2.75, 3.05) is 11.9 Å². The average molecular weight is 233 g/mol. The molecule has 2 aliphatic rings. The van der Waals surface area contributed by atoms with E-state index in [4.69, 9.17) is 9.84 Å². The van der Waals surface area contributed by atoms with Gasteiger partial charge < -0.3 is 9.84 Å². The van der Waals surface area contributed by atoms with Gasteiger partial charge in [0.15, 0.2) is 0 Å². The van der Waals surface area contributed by atoms with Crippen LogP contribution in [0.3, 0.4) is 0 Å². The molecule has 1 heterocycles. The number of hydrogen-bond donors (Lipinski definition) is 2. The fourth-order valence-electron chi connectivity index (χ4n) is 2.81. The Hall–Kier alpha value is -1.71. The van der Waals surface area contributed by atoms with Gasteiger partial charge in [0, 0.05) is 11.5 Å². The normalized spacial score (nSPS) is 20.6. The van der Waals surface area contributed by atoms with E-state index in [-0.39, 0.29) is 0 Å². The summed E-state index contributed by atoms with van der Waals surface area (Å²) in [6.45, 7) is 2.75. The average Bonchev–Trinajstić information content (AvgIpc) is 2.86. The van der Waals surface area contributed by atoms with Crippen LogP contribution in [0.2, 0.25) is 0 Å². The van der Waals surface area contributed by atoms with E-state index >= 15 is 0 Å². The molecule has 4 heteroatoms. The first-order valence-corrected chi connectivity index (χ1v) is 5.98. The van der Waals surface area contributed by atoms with E-state index in [1.54, 1.807) is 0 Å². The van der Waals surface area contributed by atoms with Gasteiger partial charge in [-0.1, -0.05) is 13.0 Å². The monoisotopic (exact) mass is 233 g/mol. The van der Waals surface area contributed by atoms with Crippen LogP contribution in [0.25, 0.3) is 0 Å². The predicted molar refractivity (Wildman–Crippen MR) is 64.0 cm³/mol. The van der Waals surface area contributed by atoms with Crippen molar-refractivity contribution < 1.29 is 14.6 Å². The lowest BCUT2D eigenvalue weighted by Crippen LogP contribution is -2.10. The molecular weight excluding hydrogens is 218 g/mol. The Morgan fingerprint density at radius 2 is 2.35 bits per heavy atom. The topological polar surface area (TPSA) is 58.6 Å². The highest BCUT2D eigenvalue weighted by Crippen LogP contribution is 2.45. The Bertz CT molecular complexity index is 496. The van der Waals surface area contributed by atoms with Crippen molar-refractivity contribution in [1.29, 1.82) is 0 Å². The minimum absolute atomic E-state index is 0.352. The Morgan fingerprint density at radius 1 is 1.53 bits per heavy atom. The van der Waals surface area contributed by atoms with Crippen LogP contribution in [0.15, 0.2) is 6.07 Å². The first-order valence-electron chi connectivity index (χ1n) is 5.98. The highest BCUT2D eigenvalue weighted by atomic mass is 16.5. The first-order chi connectivity index (χ1) is 8.16. The molecule has 0 spiro atoms. The number of ether oxygens (including phenoxy) is 1. The third-order valence-electron chi connectivity index (χ3n) is 3.62. The van der Waals surface area contributed by atoms with Gasteiger partial charge in [-0.05, 0) is 30.4 Å². The quantitative estimate of drug-likeness (QED) is 0.784. The molecule has 1 aromatic rings. The summed E-state index contributed by atoms with van der Waals surface area (Å²) in [5, 5.41) is 11.4. The minimum atomic E-state index is -1.02. The summed E-state index contributed by atoms with van der Waals surface area (Å²) in [7, 11) is 0. The number of fused-ring (bicyclic) bond motifs is 2. The van der Waals surface area contributed by atoms with Gasteiger partial charge in [0.2, 0.25) is 0 Å². The molecule has 0 saturated heterocycles. The van der Waals surface area contributed by atoms with Crippen LogP contribution in [0.5, 0.6) is 5.75 Å². The largest absolute Gasteiger partial charge is 0.490 e. The minimum Gasteiger partial charge on any atom is -0.490 e. The van der Waals surface area contributed by atoms with Crippen molar-refractivity contribution in [3.63, 3.8) is 0 Å². The van der Waals surface area contributed by atoms with Crippen LogP contribution < -0.4 is 10.1 Å². The summed E-state index contributed by atoms with van der Waals surface area (Å²) in [6, 6.07) is 2.20. The fourth-order valence-corrected chi connectivity index (χ4v) is 2.81. The van der Waals surface area contributed by atoms with Crippen LogP contribution in [0.4, 0.5) is 10.5 Å². The predicted octanol–water partition coefficient (Wildman–Crippen LogP) is 2.76. The number of carboxylic acid groups (broad SMARTS) is 1. The molecule has 0 fully saturated rings. The Balaban J connectivity index is 2.17. The zero-order chi connectivity index (χ0) is 12.0. The van der Waals surface area contributed by atoms with Crippen molar-refractivity contribution in [3.05, 3.63) is 22.8 Å². The number of amides is 1.